The van der Waals surface area contributed by atoms with Gasteiger partial charge in [-0.05, 0) is 37.0 Å². The molecule has 0 fully saturated rings. The first-order valence-electron chi connectivity index (χ1n) is 8.47. The minimum atomic E-state index is -0.233. The van der Waals surface area contributed by atoms with Crippen molar-refractivity contribution in [2.45, 2.75) is 32.4 Å². The van der Waals surface area contributed by atoms with Gasteiger partial charge in [0.2, 0.25) is 5.91 Å². The summed E-state index contributed by atoms with van der Waals surface area (Å²) >= 11 is 0. The van der Waals surface area contributed by atoms with Crippen LogP contribution in [0.3, 0.4) is 0 Å². The maximum absolute atomic E-state index is 12.6. The molecule has 0 bridgehead atoms. The van der Waals surface area contributed by atoms with E-state index < -0.39 is 0 Å². The van der Waals surface area contributed by atoms with Gasteiger partial charge in [0.05, 0.1) is 17.1 Å². The lowest BCUT2D eigenvalue weighted by molar-refractivity contribution is -0.122. The molecule has 1 aliphatic carbocycles. The standard InChI is InChI=1S/C20H19N3O2/c1-13-15-7-4-5-9-17(15)20(25)23(22-13)12-19(24)21-18-11-10-14-6-2-3-8-16(14)18/h2-9,18H,10-12H2,1H3,(H,21,24). The summed E-state index contributed by atoms with van der Waals surface area (Å²) in [5, 5.41) is 8.76. The van der Waals surface area contributed by atoms with Crippen molar-refractivity contribution in [3.05, 3.63) is 75.7 Å². The van der Waals surface area contributed by atoms with Crippen molar-refractivity contribution in [2.75, 3.05) is 0 Å². The predicted molar refractivity (Wildman–Crippen MR) is 96.4 cm³/mol. The number of nitrogens with zero attached hydrogens (tertiary/aromatic N) is 2. The quantitative estimate of drug-likeness (QED) is 0.801. The molecule has 1 aliphatic rings. The van der Waals surface area contributed by atoms with Gasteiger partial charge >= 0.3 is 0 Å². The highest BCUT2D eigenvalue weighted by atomic mass is 16.2. The van der Waals surface area contributed by atoms with Gasteiger partial charge in [-0.2, -0.15) is 5.10 Å². The first kappa shape index (κ1) is 15.6. The molecule has 2 aromatic carbocycles. The van der Waals surface area contributed by atoms with E-state index >= 15 is 0 Å². The molecule has 1 N–H and O–H groups in total. The van der Waals surface area contributed by atoms with Crippen molar-refractivity contribution in [1.29, 1.82) is 0 Å². The van der Waals surface area contributed by atoms with Crippen LogP contribution in [0.4, 0.5) is 0 Å². The summed E-state index contributed by atoms with van der Waals surface area (Å²) < 4.78 is 1.26. The number of hydrogen-bond donors (Lipinski definition) is 1. The van der Waals surface area contributed by atoms with Crippen molar-refractivity contribution in [3.8, 4) is 0 Å². The zero-order chi connectivity index (χ0) is 17.4. The Morgan fingerprint density at radius 3 is 2.72 bits per heavy atom. The van der Waals surface area contributed by atoms with Gasteiger partial charge in [-0.3, -0.25) is 9.59 Å². The van der Waals surface area contributed by atoms with Crippen molar-refractivity contribution >= 4 is 16.7 Å². The van der Waals surface area contributed by atoms with Crippen LogP contribution in [0.5, 0.6) is 0 Å². The average Bonchev–Trinajstić information content (AvgIpc) is 3.02. The highest BCUT2D eigenvalue weighted by Crippen LogP contribution is 2.30. The van der Waals surface area contributed by atoms with Crippen LogP contribution in [0.1, 0.15) is 29.3 Å². The lowest BCUT2D eigenvalue weighted by Crippen LogP contribution is -2.35. The van der Waals surface area contributed by atoms with E-state index in [1.807, 2.05) is 37.3 Å². The van der Waals surface area contributed by atoms with Crippen LogP contribution in [0.2, 0.25) is 0 Å². The normalized spacial score (nSPS) is 16.0. The fourth-order valence-corrected chi connectivity index (χ4v) is 3.59. The summed E-state index contributed by atoms with van der Waals surface area (Å²) in [6.45, 7) is 1.78. The fraction of sp³-hybridized carbons (Fsp3) is 0.250. The van der Waals surface area contributed by atoms with Crippen LogP contribution >= 0.6 is 0 Å². The maximum Gasteiger partial charge on any atom is 0.275 e. The number of aryl methyl sites for hydroxylation is 2. The minimum absolute atomic E-state index is 0.0148. The van der Waals surface area contributed by atoms with E-state index in [-0.39, 0.29) is 24.1 Å². The first-order chi connectivity index (χ1) is 12.1. The Hall–Kier alpha value is -2.95. The molecule has 3 aromatic rings. The number of rotatable bonds is 3. The third-order valence-electron chi connectivity index (χ3n) is 4.81. The smallest absolute Gasteiger partial charge is 0.275 e. The van der Waals surface area contributed by atoms with Gasteiger partial charge < -0.3 is 5.32 Å². The molecule has 4 rings (SSSR count). The molecule has 1 heterocycles. The number of benzene rings is 2. The largest absolute Gasteiger partial charge is 0.348 e. The number of nitrogens with one attached hydrogen (secondary N) is 1. The third kappa shape index (κ3) is 2.82. The molecule has 1 atom stereocenters. The van der Waals surface area contributed by atoms with Gasteiger partial charge in [0.15, 0.2) is 0 Å². The molecule has 0 spiro atoms. The van der Waals surface area contributed by atoms with Crippen LogP contribution < -0.4 is 10.9 Å². The van der Waals surface area contributed by atoms with E-state index in [4.69, 9.17) is 0 Å². The Morgan fingerprint density at radius 1 is 1.16 bits per heavy atom. The molecule has 1 aromatic heterocycles. The zero-order valence-electron chi connectivity index (χ0n) is 14.0. The first-order valence-corrected chi connectivity index (χ1v) is 8.47. The molecule has 0 saturated heterocycles. The molecular formula is C20H19N3O2. The highest BCUT2D eigenvalue weighted by Gasteiger charge is 2.23. The second-order valence-corrected chi connectivity index (χ2v) is 6.45. The van der Waals surface area contributed by atoms with Crippen LogP contribution in [0.25, 0.3) is 10.8 Å². The van der Waals surface area contributed by atoms with Crippen molar-refractivity contribution in [3.63, 3.8) is 0 Å². The summed E-state index contributed by atoms with van der Waals surface area (Å²) in [5.74, 6) is -0.189. The van der Waals surface area contributed by atoms with Crippen molar-refractivity contribution in [2.24, 2.45) is 0 Å². The van der Waals surface area contributed by atoms with Gasteiger partial charge in [0.25, 0.3) is 5.56 Å². The molecular weight excluding hydrogens is 314 g/mol. The molecule has 126 valence electrons. The Balaban J connectivity index is 1.57. The Morgan fingerprint density at radius 2 is 1.88 bits per heavy atom. The Labute approximate surface area is 145 Å². The number of amides is 1. The van der Waals surface area contributed by atoms with E-state index in [1.54, 1.807) is 6.07 Å². The summed E-state index contributed by atoms with van der Waals surface area (Å²) in [6, 6.07) is 15.5. The lowest BCUT2D eigenvalue weighted by Gasteiger charge is -2.15. The van der Waals surface area contributed by atoms with Crippen LogP contribution in [-0.4, -0.2) is 15.7 Å². The summed E-state index contributed by atoms with van der Waals surface area (Å²) in [5.41, 5.74) is 2.97. The minimum Gasteiger partial charge on any atom is -0.348 e. The monoisotopic (exact) mass is 333 g/mol. The van der Waals surface area contributed by atoms with Gasteiger partial charge in [0, 0.05) is 5.39 Å². The number of hydrogen-bond acceptors (Lipinski definition) is 3. The molecule has 1 unspecified atom stereocenters. The van der Waals surface area contributed by atoms with E-state index in [0.29, 0.717) is 5.39 Å². The second kappa shape index (κ2) is 6.16. The molecule has 25 heavy (non-hydrogen) atoms. The predicted octanol–water partition coefficient (Wildman–Crippen LogP) is 2.51. The van der Waals surface area contributed by atoms with Crippen LogP contribution in [-0.2, 0) is 17.8 Å². The molecule has 1 amide bonds. The molecule has 0 saturated carbocycles. The molecule has 5 heteroatoms. The van der Waals surface area contributed by atoms with E-state index in [0.717, 1.165) is 23.9 Å². The molecule has 5 nitrogen and oxygen atoms in total. The number of carbonyl (C=O) groups excluding carboxylic acids is 1. The van der Waals surface area contributed by atoms with Crippen molar-refractivity contribution < 1.29 is 4.79 Å². The molecule has 0 radical (unpaired) electrons. The number of aromatic nitrogens is 2. The third-order valence-corrected chi connectivity index (χ3v) is 4.81. The van der Waals surface area contributed by atoms with Gasteiger partial charge in [-0.15, -0.1) is 0 Å². The lowest BCUT2D eigenvalue weighted by atomic mass is 10.1. The Bertz CT molecular complexity index is 1020. The maximum atomic E-state index is 12.6. The van der Waals surface area contributed by atoms with Gasteiger partial charge in [-0.1, -0.05) is 42.5 Å². The zero-order valence-corrected chi connectivity index (χ0v) is 14.0. The topological polar surface area (TPSA) is 64.0 Å². The van der Waals surface area contributed by atoms with Crippen LogP contribution in [0, 0.1) is 6.92 Å². The summed E-state index contributed by atoms with van der Waals surface area (Å²) in [7, 11) is 0. The van der Waals surface area contributed by atoms with Gasteiger partial charge in [-0.25, -0.2) is 4.68 Å². The highest BCUT2D eigenvalue weighted by molar-refractivity contribution is 5.83. The van der Waals surface area contributed by atoms with E-state index in [9.17, 15) is 9.59 Å². The van der Waals surface area contributed by atoms with Crippen LogP contribution in [0.15, 0.2) is 53.3 Å². The fourth-order valence-electron chi connectivity index (χ4n) is 3.59. The van der Waals surface area contributed by atoms with E-state index in [1.165, 1.54) is 15.8 Å². The molecule has 0 aliphatic heterocycles. The summed E-state index contributed by atoms with van der Waals surface area (Å²) in [6.07, 6.45) is 1.86. The van der Waals surface area contributed by atoms with Gasteiger partial charge in [0.1, 0.15) is 6.54 Å². The number of carbonyl (C=O) groups is 1. The van der Waals surface area contributed by atoms with Crippen molar-refractivity contribution in [1.82, 2.24) is 15.1 Å². The SMILES string of the molecule is Cc1nn(CC(=O)NC2CCc3ccccc32)c(=O)c2ccccc12. The Kier molecular flexibility index (Phi) is 3.84. The second-order valence-electron chi connectivity index (χ2n) is 6.45. The van der Waals surface area contributed by atoms with E-state index in [2.05, 4.69) is 22.5 Å². The number of fused-ring (bicyclic) bond motifs is 2. The average molecular weight is 333 g/mol. The summed E-state index contributed by atoms with van der Waals surface area (Å²) in [4.78, 5) is 25.0.